The molecule has 0 saturated carbocycles. The van der Waals surface area contributed by atoms with Crippen molar-refractivity contribution in [1.29, 1.82) is 0 Å². The number of ether oxygens (including phenoxy) is 2. The van der Waals surface area contributed by atoms with Crippen LogP contribution < -0.4 is 15.2 Å². The van der Waals surface area contributed by atoms with E-state index in [9.17, 15) is 0 Å². The molecule has 0 aromatic heterocycles. The van der Waals surface area contributed by atoms with Crippen molar-refractivity contribution in [2.75, 3.05) is 13.7 Å². The Morgan fingerprint density at radius 2 is 2.27 bits per heavy atom. The predicted octanol–water partition coefficient (Wildman–Crippen LogP) is 2.55. The summed E-state index contributed by atoms with van der Waals surface area (Å²) in [6.45, 7) is 0.612. The Balaban J connectivity index is 0.00000112. The van der Waals surface area contributed by atoms with Gasteiger partial charge >= 0.3 is 0 Å². The fraction of sp³-hybridized carbons (Fsp3) is 0.400. The van der Waals surface area contributed by atoms with Crippen molar-refractivity contribution in [2.45, 2.75) is 12.5 Å². The zero-order chi connectivity index (χ0) is 10.1. The summed E-state index contributed by atoms with van der Waals surface area (Å²) in [6, 6.07) is 3.53. The first-order valence-corrected chi connectivity index (χ1v) is 4.86. The number of halogens is 2. The average Bonchev–Trinajstić information content (AvgIpc) is 2.20. The van der Waals surface area contributed by atoms with Crippen molar-refractivity contribution in [3.63, 3.8) is 0 Å². The van der Waals surface area contributed by atoms with Crippen molar-refractivity contribution < 1.29 is 9.47 Å². The van der Waals surface area contributed by atoms with Gasteiger partial charge in [-0.1, -0.05) is 11.6 Å². The Morgan fingerprint density at radius 1 is 1.53 bits per heavy atom. The number of nitrogens with two attached hydrogens (primary N) is 1. The highest BCUT2D eigenvalue weighted by atomic mass is 35.5. The van der Waals surface area contributed by atoms with Crippen LogP contribution >= 0.6 is 24.0 Å². The van der Waals surface area contributed by atoms with Crippen LogP contribution in [-0.2, 0) is 0 Å². The van der Waals surface area contributed by atoms with E-state index in [-0.39, 0.29) is 18.4 Å². The lowest BCUT2D eigenvalue weighted by Crippen LogP contribution is -2.21. The average molecular weight is 250 g/mol. The number of hydrogen-bond donors (Lipinski definition) is 1. The molecule has 0 unspecified atom stereocenters. The minimum absolute atomic E-state index is 0. The molecule has 1 heterocycles. The molecule has 2 N–H and O–H groups in total. The third kappa shape index (κ3) is 2.14. The maximum atomic E-state index is 6.00. The molecule has 0 radical (unpaired) electrons. The molecule has 3 nitrogen and oxygen atoms in total. The summed E-state index contributed by atoms with van der Waals surface area (Å²) >= 11 is 6.00. The van der Waals surface area contributed by atoms with Crippen LogP contribution in [0.4, 0.5) is 0 Å². The monoisotopic (exact) mass is 249 g/mol. The van der Waals surface area contributed by atoms with Gasteiger partial charge in [-0.15, -0.1) is 12.4 Å². The van der Waals surface area contributed by atoms with Crippen LogP contribution in [0.25, 0.3) is 0 Å². The van der Waals surface area contributed by atoms with E-state index in [2.05, 4.69) is 0 Å². The molecule has 0 amide bonds. The van der Waals surface area contributed by atoms with Crippen LogP contribution in [0.5, 0.6) is 11.5 Å². The lowest BCUT2D eigenvalue weighted by atomic mass is 10.0. The Bertz CT molecular complexity index is 358. The second-order valence-electron chi connectivity index (χ2n) is 3.24. The summed E-state index contributed by atoms with van der Waals surface area (Å²) in [5.41, 5.74) is 6.85. The quantitative estimate of drug-likeness (QED) is 0.833. The van der Waals surface area contributed by atoms with Gasteiger partial charge in [0.25, 0.3) is 0 Å². The number of fused-ring (bicyclic) bond motifs is 1. The molecule has 0 aliphatic carbocycles. The van der Waals surface area contributed by atoms with Gasteiger partial charge in [0.2, 0.25) is 0 Å². The molecule has 1 aromatic rings. The number of rotatable bonds is 1. The second-order valence-corrected chi connectivity index (χ2v) is 3.64. The summed E-state index contributed by atoms with van der Waals surface area (Å²) in [5.74, 6) is 1.42. The van der Waals surface area contributed by atoms with Gasteiger partial charge in [0.05, 0.1) is 24.3 Å². The van der Waals surface area contributed by atoms with Crippen molar-refractivity contribution in [3.8, 4) is 11.5 Å². The zero-order valence-corrected chi connectivity index (χ0v) is 9.90. The van der Waals surface area contributed by atoms with E-state index in [0.29, 0.717) is 17.4 Å². The van der Waals surface area contributed by atoms with Crippen LogP contribution in [-0.4, -0.2) is 13.7 Å². The maximum Gasteiger partial charge on any atom is 0.146 e. The van der Waals surface area contributed by atoms with E-state index in [1.807, 2.05) is 6.07 Å². The highest BCUT2D eigenvalue weighted by Crippen LogP contribution is 2.42. The van der Waals surface area contributed by atoms with Crippen molar-refractivity contribution in [2.24, 2.45) is 5.73 Å². The van der Waals surface area contributed by atoms with E-state index in [4.69, 9.17) is 26.8 Å². The standard InChI is InChI=1S/C10H12ClNO2.ClH/c1-13-8-3-2-6(11)10-9(8)7(12)4-5-14-10;/h2-3,7H,4-5,12H2,1H3;1H/t7-;/m0./s1. The molecule has 5 heteroatoms. The molecule has 0 saturated heterocycles. The molecule has 0 spiro atoms. The van der Waals surface area contributed by atoms with Gasteiger partial charge in [0.1, 0.15) is 11.5 Å². The first kappa shape index (κ1) is 12.4. The largest absolute Gasteiger partial charge is 0.496 e. The van der Waals surface area contributed by atoms with Crippen LogP contribution in [0, 0.1) is 0 Å². The van der Waals surface area contributed by atoms with E-state index < -0.39 is 0 Å². The molecule has 1 aliphatic heterocycles. The highest BCUT2D eigenvalue weighted by molar-refractivity contribution is 6.32. The summed E-state index contributed by atoms with van der Waals surface area (Å²) in [7, 11) is 1.62. The smallest absolute Gasteiger partial charge is 0.146 e. The highest BCUT2D eigenvalue weighted by Gasteiger charge is 2.24. The van der Waals surface area contributed by atoms with E-state index >= 15 is 0 Å². The Hall–Kier alpha value is -0.640. The van der Waals surface area contributed by atoms with Crippen LogP contribution in [0.15, 0.2) is 12.1 Å². The summed E-state index contributed by atoms with van der Waals surface area (Å²) in [5, 5.41) is 0.593. The minimum Gasteiger partial charge on any atom is -0.496 e. The summed E-state index contributed by atoms with van der Waals surface area (Å²) in [6.07, 6.45) is 0.795. The topological polar surface area (TPSA) is 44.5 Å². The summed E-state index contributed by atoms with van der Waals surface area (Å²) < 4.78 is 10.7. The second kappa shape index (κ2) is 4.92. The third-order valence-corrected chi connectivity index (χ3v) is 2.67. The molecule has 0 bridgehead atoms. The van der Waals surface area contributed by atoms with Crippen molar-refractivity contribution in [1.82, 2.24) is 0 Å². The van der Waals surface area contributed by atoms with E-state index in [1.165, 1.54) is 0 Å². The van der Waals surface area contributed by atoms with Crippen LogP contribution in [0.3, 0.4) is 0 Å². The molecular weight excluding hydrogens is 237 g/mol. The van der Waals surface area contributed by atoms with Gasteiger partial charge in [-0.25, -0.2) is 0 Å². The van der Waals surface area contributed by atoms with Gasteiger partial charge in [-0.2, -0.15) is 0 Å². The minimum atomic E-state index is -0.0487. The molecule has 84 valence electrons. The van der Waals surface area contributed by atoms with Crippen LogP contribution in [0.2, 0.25) is 5.02 Å². The SMILES string of the molecule is COc1ccc(Cl)c2c1[C@@H](N)CCO2.Cl. The lowest BCUT2D eigenvalue weighted by molar-refractivity contribution is 0.263. The van der Waals surface area contributed by atoms with E-state index in [0.717, 1.165) is 17.7 Å². The Kier molecular flexibility index (Phi) is 4.08. The van der Waals surface area contributed by atoms with Crippen molar-refractivity contribution in [3.05, 3.63) is 22.7 Å². The van der Waals surface area contributed by atoms with Crippen molar-refractivity contribution >= 4 is 24.0 Å². The predicted molar refractivity (Wildman–Crippen MR) is 62.3 cm³/mol. The normalized spacial score (nSPS) is 18.5. The van der Waals surface area contributed by atoms with Crippen LogP contribution in [0.1, 0.15) is 18.0 Å². The van der Waals surface area contributed by atoms with Gasteiger partial charge in [0.15, 0.2) is 0 Å². The van der Waals surface area contributed by atoms with Gasteiger partial charge < -0.3 is 15.2 Å². The molecule has 0 fully saturated rings. The lowest BCUT2D eigenvalue weighted by Gasteiger charge is -2.25. The first-order chi connectivity index (χ1) is 6.74. The number of methoxy groups -OCH3 is 1. The molecular formula is C10H13Cl2NO2. The fourth-order valence-corrected chi connectivity index (χ4v) is 1.88. The summed E-state index contributed by atoms with van der Waals surface area (Å²) in [4.78, 5) is 0. The Labute approximate surface area is 99.9 Å². The molecule has 1 atom stereocenters. The van der Waals surface area contributed by atoms with E-state index in [1.54, 1.807) is 13.2 Å². The van der Waals surface area contributed by atoms with Gasteiger partial charge in [-0.3, -0.25) is 0 Å². The fourth-order valence-electron chi connectivity index (χ4n) is 1.66. The molecule has 1 aromatic carbocycles. The van der Waals surface area contributed by atoms with Gasteiger partial charge in [-0.05, 0) is 12.1 Å². The molecule has 2 rings (SSSR count). The number of hydrogen-bond acceptors (Lipinski definition) is 3. The first-order valence-electron chi connectivity index (χ1n) is 4.49. The molecule has 1 aliphatic rings. The Morgan fingerprint density at radius 3 is 2.93 bits per heavy atom. The molecule has 15 heavy (non-hydrogen) atoms. The number of benzene rings is 1. The third-order valence-electron chi connectivity index (χ3n) is 2.37. The van der Waals surface area contributed by atoms with Gasteiger partial charge in [0, 0.05) is 12.5 Å². The maximum absolute atomic E-state index is 6.00. The zero-order valence-electron chi connectivity index (χ0n) is 8.33.